The number of anilines is 1. The summed E-state index contributed by atoms with van der Waals surface area (Å²) < 4.78 is 5.79. The van der Waals surface area contributed by atoms with Crippen LogP contribution in [0.4, 0.5) is 5.69 Å². The molecule has 28 heavy (non-hydrogen) atoms. The normalized spacial score (nSPS) is 10.8. The third-order valence-electron chi connectivity index (χ3n) is 3.92. The number of carbonyl (C=O) groups excluding carboxylic acids is 1. The molecule has 0 aliphatic carbocycles. The summed E-state index contributed by atoms with van der Waals surface area (Å²) >= 11 is 6.14. The Bertz CT molecular complexity index is 1040. The van der Waals surface area contributed by atoms with Crippen molar-refractivity contribution in [2.45, 2.75) is 6.61 Å². The van der Waals surface area contributed by atoms with E-state index in [1.54, 1.807) is 30.3 Å². The number of nitriles is 1. The molecule has 3 aromatic rings. The highest BCUT2D eigenvalue weighted by molar-refractivity contribution is 6.31. The van der Waals surface area contributed by atoms with Crippen molar-refractivity contribution in [3.63, 3.8) is 0 Å². The van der Waals surface area contributed by atoms with Gasteiger partial charge in [0.15, 0.2) is 0 Å². The highest BCUT2D eigenvalue weighted by Gasteiger charge is 2.09. The Hall–Kier alpha value is -3.55. The molecule has 0 bridgehead atoms. The lowest BCUT2D eigenvalue weighted by molar-refractivity contribution is -0.112. The van der Waals surface area contributed by atoms with E-state index in [-0.39, 0.29) is 5.57 Å². The molecule has 1 N–H and O–H groups in total. The van der Waals surface area contributed by atoms with Gasteiger partial charge in [-0.15, -0.1) is 0 Å². The molecule has 5 heteroatoms. The minimum atomic E-state index is -0.462. The summed E-state index contributed by atoms with van der Waals surface area (Å²) in [6.07, 6.45) is 1.53. The molecule has 0 aromatic heterocycles. The average Bonchev–Trinajstić information content (AvgIpc) is 2.72. The maximum Gasteiger partial charge on any atom is 0.266 e. The van der Waals surface area contributed by atoms with Crippen LogP contribution in [0.1, 0.15) is 11.1 Å². The molecular formula is C23H17ClN2O2. The number of nitrogens with one attached hydrogen (secondary N) is 1. The quantitative estimate of drug-likeness (QED) is 0.450. The van der Waals surface area contributed by atoms with Gasteiger partial charge in [-0.25, -0.2) is 0 Å². The molecule has 0 spiro atoms. The van der Waals surface area contributed by atoms with Crippen LogP contribution in [0, 0.1) is 11.3 Å². The van der Waals surface area contributed by atoms with Gasteiger partial charge in [-0.05, 0) is 42.0 Å². The minimum absolute atomic E-state index is 0.00658. The Morgan fingerprint density at radius 2 is 1.79 bits per heavy atom. The van der Waals surface area contributed by atoms with E-state index < -0.39 is 5.91 Å². The van der Waals surface area contributed by atoms with Crippen molar-refractivity contribution < 1.29 is 9.53 Å². The van der Waals surface area contributed by atoms with Gasteiger partial charge in [-0.1, -0.05) is 60.1 Å². The number of hydrogen-bond donors (Lipinski definition) is 1. The fourth-order valence-electron chi connectivity index (χ4n) is 2.51. The van der Waals surface area contributed by atoms with E-state index in [0.29, 0.717) is 28.6 Å². The van der Waals surface area contributed by atoms with E-state index in [1.165, 1.54) is 6.08 Å². The van der Waals surface area contributed by atoms with Crippen LogP contribution >= 0.6 is 11.6 Å². The van der Waals surface area contributed by atoms with E-state index in [0.717, 1.165) is 5.56 Å². The number of halogens is 1. The van der Waals surface area contributed by atoms with Crippen LogP contribution in [0.15, 0.2) is 84.4 Å². The molecule has 0 radical (unpaired) electrons. The lowest BCUT2D eigenvalue weighted by atomic mass is 10.1. The Kier molecular flexibility index (Phi) is 6.46. The van der Waals surface area contributed by atoms with E-state index in [1.807, 2.05) is 54.6 Å². The number of benzene rings is 3. The molecule has 1 amide bonds. The molecular weight excluding hydrogens is 372 g/mol. The van der Waals surface area contributed by atoms with Gasteiger partial charge in [0.2, 0.25) is 0 Å². The Labute approximate surface area is 168 Å². The van der Waals surface area contributed by atoms with Crippen molar-refractivity contribution in [1.82, 2.24) is 0 Å². The summed E-state index contributed by atoms with van der Waals surface area (Å²) in [7, 11) is 0. The fourth-order valence-corrected chi connectivity index (χ4v) is 2.70. The first-order chi connectivity index (χ1) is 13.7. The van der Waals surface area contributed by atoms with E-state index in [4.69, 9.17) is 16.3 Å². The zero-order valence-corrected chi connectivity index (χ0v) is 15.7. The second-order valence-electron chi connectivity index (χ2n) is 5.94. The molecule has 138 valence electrons. The summed E-state index contributed by atoms with van der Waals surface area (Å²) in [5.41, 5.74) is 2.21. The molecule has 3 rings (SSSR count). The zero-order valence-electron chi connectivity index (χ0n) is 14.9. The van der Waals surface area contributed by atoms with Crippen molar-refractivity contribution in [1.29, 1.82) is 5.26 Å². The van der Waals surface area contributed by atoms with Crippen LogP contribution in [0.25, 0.3) is 6.08 Å². The fraction of sp³-hybridized carbons (Fsp3) is 0.0435. The summed E-state index contributed by atoms with van der Waals surface area (Å²) in [5, 5.41) is 12.7. The molecule has 0 fully saturated rings. The number of rotatable bonds is 6. The van der Waals surface area contributed by atoms with Crippen LogP contribution in [0.5, 0.6) is 5.75 Å². The summed E-state index contributed by atoms with van der Waals surface area (Å²) in [5.74, 6) is 0.158. The van der Waals surface area contributed by atoms with Gasteiger partial charge in [0.05, 0.1) is 0 Å². The molecule has 0 aliphatic rings. The Morgan fingerprint density at radius 1 is 1.04 bits per heavy atom. The monoisotopic (exact) mass is 388 g/mol. The molecule has 0 saturated heterocycles. The summed E-state index contributed by atoms with van der Waals surface area (Å²) in [4.78, 5) is 12.3. The lowest BCUT2D eigenvalue weighted by Gasteiger charge is -2.08. The van der Waals surface area contributed by atoms with E-state index in [2.05, 4.69) is 5.32 Å². The van der Waals surface area contributed by atoms with Gasteiger partial charge < -0.3 is 10.1 Å². The van der Waals surface area contributed by atoms with Crippen molar-refractivity contribution in [2.75, 3.05) is 5.32 Å². The highest BCUT2D eigenvalue weighted by Crippen LogP contribution is 2.20. The van der Waals surface area contributed by atoms with Crippen LogP contribution in [-0.4, -0.2) is 5.91 Å². The highest BCUT2D eigenvalue weighted by atomic mass is 35.5. The van der Waals surface area contributed by atoms with E-state index >= 15 is 0 Å². The van der Waals surface area contributed by atoms with Gasteiger partial charge in [-0.2, -0.15) is 5.26 Å². The first-order valence-electron chi connectivity index (χ1n) is 8.60. The minimum Gasteiger partial charge on any atom is -0.489 e. The maximum absolute atomic E-state index is 12.3. The van der Waals surface area contributed by atoms with Crippen LogP contribution in [0.3, 0.4) is 0 Å². The van der Waals surface area contributed by atoms with Crippen molar-refractivity contribution in [3.8, 4) is 11.8 Å². The molecule has 4 nitrogen and oxygen atoms in total. The van der Waals surface area contributed by atoms with Crippen LogP contribution < -0.4 is 10.1 Å². The second-order valence-corrected chi connectivity index (χ2v) is 6.35. The van der Waals surface area contributed by atoms with Gasteiger partial charge in [0, 0.05) is 16.3 Å². The van der Waals surface area contributed by atoms with E-state index in [9.17, 15) is 10.1 Å². The van der Waals surface area contributed by atoms with Gasteiger partial charge in [-0.3, -0.25) is 4.79 Å². The number of carbonyl (C=O) groups is 1. The second kappa shape index (κ2) is 9.40. The first-order valence-corrected chi connectivity index (χ1v) is 8.98. The number of ether oxygens (including phenoxy) is 1. The lowest BCUT2D eigenvalue weighted by Crippen LogP contribution is -2.13. The van der Waals surface area contributed by atoms with Crippen molar-refractivity contribution in [3.05, 3.63) is 101 Å². The van der Waals surface area contributed by atoms with Crippen LogP contribution in [0.2, 0.25) is 5.02 Å². The number of para-hydroxylation sites is 1. The summed E-state index contributed by atoms with van der Waals surface area (Å²) in [6, 6.07) is 25.6. The van der Waals surface area contributed by atoms with Crippen LogP contribution in [-0.2, 0) is 11.4 Å². The number of amides is 1. The van der Waals surface area contributed by atoms with Gasteiger partial charge >= 0.3 is 0 Å². The molecule has 3 aromatic carbocycles. The average molecular weight is 389 g/mol. The Balaban J connectivity index is 1.72. The largest absolute Gasteiger partial charge is 0.489 e. The Morgan fingerprint density at radius 3 is 2.54 bits per heavy atom. The molecule has 0 atom stereocenters. The van der Waals surface area contributed by atoms with Gasteiger partial charge in [0.25, 0.3) is 5.91 Å². The SMILES string of the molecule is N#C/C(=C\c1cccc(OCc2ccccc2Cl)c1)C(=O)Nc1ccccc1. The predicted octanol–water partition coefficient (Wildman–Crippen LogP) is 5.46. The van der Waals surface area contributed by atoms with Gasteiger partial charge in [0.1, 0.15) is 24.0 Å². The van der Waals surface area contributed by atoms with Crippen molar-refractivity contribution >= 4 is 29.3 Å². The molecule has 0 saturated carbocycles. The zero-order chi connectivity index (χ0) is 19.8. The number of hydrogen-bond acceptors (Lipinski definition) is 3. The standard InChI is InChI=1S/C23H17ClN2O2/c24-22-12-5-4-8-18(22)16-28-21-11-6-7-17(14-21)13-19(15-25)23(27)26-20-9-2-1-3-10-20/h1-14H,16H2,(H,26,27)/b19-13+. The third kappa shape index (κ3) is 5.23. The predicted molar refractivity (Wildman–Crippen MR) is 111 cm³/mol. The topological polar surface area (TPSA) is 62.1 Å². The smallest absolute Gasteiger partial charge is 0.266 e. The molecule has 0 aliphatic heterocycles. The summed E-state index contributed by atoms with van der Waals surface area (Å²) in [6.45, 7) is 0.326. The molecule has 0 heterocycles. The third-order valence-corrected chi connectivity index (χ3v) is 4.29. The first kappa shape index (κ1) is 19.2. The molecule has 0 unspecified atom stereocenters. The maximum atomic E-state index is 12.3. The number of nitrogens with zero attached hydrogens (tertiary/aromatic N) is 1. The van der Waals surface area contributed by atoms with Crippen molar-refractivity contribution in [2.24, 2.45) is 0 Å².